The number of amides is 1. The number of ether oxygens (including phenoxy) is 1. The van der Waals surface area contributed by atoms with E-state index in [4.69, 9.17) is 4.74 Å². The van der Waals surface area contributed by atoms with Crippen molar-refractivity contribution in [3.05, 3.63) is 59.2 Å². The van der Waals surface area contributed by atoms with Gasteiger partial charge in [0.1, 0.15) is 11.5 Å². The Morgan fingerprint density at radius 2 is 1.75 bits per heavy atom. The van der Waals surface area contributed by atoms with E-state index in [0.717, 1.165) is 28.2 Å². The molecule has 2 rings (SSSR count). The normalized spacial score (nSPS) is 11.2. The fourth-order valence-corrected chi connectivity index (χ4v) is 2.33. The second kappa shape index (κ2) is 8.15. The van der Waals surface area contributed by atoms with Gasteiger partial charge in [0.15, 0.2) is 6.61 Å². The number of phenols is 1. The van der Waals surface area contributed by atoms with Gasteiger partial charge in [-0.15, -0.1) is 0 Å². The Morgan fingerprint density at radius 3 is 2.33 bits per heavy atom. The van der Waals surface area contributed by atoms with Crippen LogP contribution in [-0.4, -0.2) is 23.3 Å². The Morgan fingerprint density at radius 1 is 1.12 bits per heavy atom. The third kappa shape index (κ3) is 4.59. The molecule has 5 nitrogen and oxygen atoms in total. The van der Waals surface area contributed by atoms with Gasteiger partial charge in [-0.05, 0) is 61.2 Å². The van der Waals surface area contributed by atoms with Crippen LogP contribution < -0.4 is 10.2 Å². The molecule has 0 aliphatic heterocycles. The summed E-state index contributed by atoms with van der Waals surface area (Å²) >= 11 is 0. The largest absolute Gasteiger partial charge is 0.508 e. The number of carbonyl (C=O) groups is 1. The van der Waals surface area contributed by atoms with Crippen LogP contribution in [0.25, 0.3) is 0 Å². The van der Waals surface area contributed by atoms with Crippen molar-refractivity contribution in [1.82, 2.24) is 5.43 Å². The molecule has 0 spiro atoms. The highest BCUT2D eigenvalue weighted by Gasteiger charge is 2.08. The van der Waals surface area contributed by atoms with Crippen molar-refractivity contribution >= 4 is 11.6 Å². The Balaban J connectivity index is 1.97. The quantitative estimate of drug-likeness (QED) is 0.632. The van der Waals surface area contributed by atoms with Gasteiger partial charge in [0.25, 0.3) is 5.91 Å². The number of para-hydroxylation sites is 1. The Hall–Kier alpha value is -2.82. The molecule has 0 saturated heterocycles. The molecule has 0 aliphatic carbocycles. The average Bonchev–Trinajstić information content (AvgIpc) is 2.56. The van der Waals surface area contributed by atoms with Crippen LogP contribution in [0.2, 0.25) is 0 Å². The molecule has 2 aromatic carbocycles. The number of hydrogen-bond acceptors (Lipinski definition) is 4. The SMILES string of the molecule is CC/C(=N\NC(=O)COc1c(C)cccc1C)c1ccc(O)cc1. The van der Waals surface area contributed by atoms with E-state index in [2.05, 4.69) is 10.5 Å². The number of aromatic hydroxyl groups is 1. The van der Waals surface area contributed by atoms with Gasteiger partial charge in [-0.1, -0.05) is 25.1 Å². The van der Waals surface area contributed by atoms with Crippen LogP contribution in [0.3, 0.4) is 0 Å². The summed E-state index contributed by atoms with van der Waals surface area (Å²) in [6, 6.07) is 12.5. The lowest BCUT2D eigenvalue weighted by atomic mass is 10.1. The second-order valence-corrected chi connectivity index (χ2v) is 5.50. The fraction of sp³-hybridized carbons (Fsp3) is 0.263. The lowest BCUT2D eigenvalue weighted by Crippen LogP contribution is -2.26. The van der Waals surface area contributed by atoms with E-state index >= 15 is 0 Å². The van der Waals surface area contributed by atoms with E-state index in [1.165, 1.54) is 0 Å². The molecule has 126 valence electrons. The zero-order chi connectivity index (χ0) is 17.5. The molecular weight excluding hydrogens is 304 g/mol. The van der Waals surface area contributed by atoms with E-state index in [-0.39, 0.29) is 18.3 Å². The molecule has 1 amide bonds. The summed E-state index contributed by atoms with van der Waals surface area (Å²) in [5.41, 5.74) is 6.08. The zero-order valence-corrected chi connectivity index (χ0v) is 14.2. The summed E-state index contributed by atoms with van der Waals surface area (Å²) in [4.78, 5) is 12.0. The lowest BCUT2D eigenvalue weighted by molar-refractivity contribution is -0.123. The third-order valence-corrected chi connectivity index (χ3v) is 3.61. The summed E-state index contributed by atoms with van der Waals surface area (Å²) in [6.07, 6.45) is 0.656. The van der Waals surface area contributed by atoms with Crippen molar-refractivity contribution in [2.24, 2.45) is 5.10 Å². The van der Waals surface area contributed by atoms with Gasteiger partial charge in [-0.3, -0.25) is 4.79 Å². The number of phenolic OH excluding ortho intramolecular Hbond substituents is 1. The van der Waals surface area contributed by atoms with E-state index in [1.54, 1.807) is 24.3 Å². The van der Waals surface area contributed by atoms with E-state index in [1.807, 2.05) is 39.0 Å². The predicted molar refractivity (Wildman–Crippen MR) is 94.5 cm³/mol. The molecule has 0 saturated carbocycles. The molecule has 0 aromatic heterocycles. The highest BCUT2D eigenvalue weighted by Crippen LogP contribution is 2.22. The molecule has 0 bridgehead atoms. The van der Waals surface area contributed by atoms with E-state index in [9.17, 15) is 9.90 Å². The molecule has 2 aromatic rings. The second-order valence-electron chi connectivity index (χ2n) is 5.50. The van der Waals surface area contributed by atoms with E-state index in [0.29, 0.717) is 6.42 Å². The number of nitrogens with one attached hydrogen (secondary N) is 1. The molecule has 0 radical (unpaired) electrons. The number of rotatable bonds is 6. The Bertz CT molecular complexity index is 717. The Labute approximate surface area is 142 Å². The minimum absolute atomic E-state index is 0.0955. The molecule has 5 heteroatoms. The number of hydrazone groups is 1. The highest BCUT2D eigenvalue weighted by atomic mass is 16.5. The first kappa shape index (κ1) is 17.5. The van der Waals surface area contributed by atoms with Gasteiger partial charge in [-0.2, -0.15) is 5.10 Å². The maximum atomic E-state index is 12.0. The highest BCUT2D eigenvalue weighted by molar-refractivity contribution is 6.01. The molecule has 2 N–H and O–H groups in total. The molecule has 24 heavy (non-hydrogen) atoms. The molecule has 0 atom stereocenters. The molecule has 0 aliphatic rings. The van der Waals surface area contributed by atoms with Gasteiger partial charge < -0.3 is 9.84 Å². The Kier molecular flexibility index (Phi) is 5.95. The van der Waals surface area contributed by atoms with Crippen LogP contribution in [-0.2, 0) is 4.79 Å². The number of nitrogens with zero attached hydrogens (tertiary/aromatic N) is 1. The maximum absolute atomic E-state index is 12.0. The number of hydrogen-bond donors (Lipinski definition) is 2. The summed E-state index contributed by atoms with van der Waals surface area (Å²) in [7, 11) is 0. The first-order chi connectivity index (χ1) is 11.5. The fourth-order valence-electron chi connectivity index (χ4n) is 2.33. The van der Waals surface area contributed by atoms with Crippen LogP contribution in [0.1, 0.15) is 30.0 Å². The van der Waals surface area contributed by atoms with Crippen molar-refractivity contribution in [3.8, 4) is 11.5 Å². The van der Waals surface area contributed by atoms with Crippen molar-refractivity contribution in [2.45, 2.75) is 27.2 Å². The topological polar surface area (TPSA) is 70.9 Å². The van der Waals surface area contributed by atoms with Gasteiger partial charge in [0.05, 0.1) is 5.71 Å². The van der Waals surface area contributed by atoms with Gasteiger partial charge in [0.2, 0.25) is 0 Å². The summed E-state index contributed by atoms with van der Waals surface area (Å²) < 4.78 is 5.60. The summed E-state index contributed by atoms with van der Waals surface area (Å²) in [6.45, 7) is 5.74. The van der Waals surface area contributed by atoms with Gasteiger partial charge in [-0.25, -0.2) is 5.43 Å². The predicted octanol–water partition coefficient (Wildman–Crippen LogP) is 3.32. The van der Waals surface area contributed by atoms with Gasteiger partial charge >= 0.3 is 0 Å². The monoisotopic (exact) mass is 326 g/mol. The standard InChI is InChI=1S/C19H22N2O3/c1-4-17(15-8-10-16(22)11-9-15)20-21-18(23)12-24-19-13(2)6-5-7-14(19)3/h5-11,22H,4,12H2,1-3H3,(H,21,23)/b20-17+. The van der Waals surface area contributed by atoms with Gasteiger partial charge in [0, 0.05) is 0 Å². The molecule has 0 fully saturated rings. The number of benzene rings is 2. The minimum atomic E-state index is -0.317. The van der Waals surface area contributed by atoms with E-state index < -0.39 is 0 Å². The van der Waals surface area contributed by atoms with Crippen molar-refractivity contribution in [2.75, 3.05) is 6.61 Å². The first-order valence-electron chi connectivity index (χ1n) is 7.85. The van der Waals surface area contributed by atoms with Crippen LogP contribution in [0.15, 0.2) is 47.6 Å². The number of carbonyl (C=O) groups excluding carboxylic acids is 1. The average molecular weight is 326 g/mol. The maximum Gasteiger partial charge on any atom is 0.277 e. The van der Waals surface area contributed by atoms with Crippen molar-refractivity contribution in [3.63, 3.8) is 0 Å². The number of aryl methyl sites for hydroxylation is 2. The summed E-state index contributed by atoms with van der Waals surface area (Å²) in [5.74, 6) is 0.605. The van der Waals surface area contributed by atoms with Crippen LogP contribution >= 0.6 is 0 Å². The molecule has 0 unspecified atom stereocenters. The summed E-state index contributed by atoms with van der Waals surface area (Å²) in [5, 5.41) is 13.5. The lowest BCUT2D eigenvalue weighted by Gasteiger charge is -2.11. The van der Waals surface area contributed by atoms with Crippen LogP contribution in [0, 0.1) is 13.8 Å². The first-order valence-corrected chi connectivity index (χ1v) is 7.85. The molecule has 0 heterocycles. The smallest absolute Gasteiger partial charge is 0.277 e. The van der Waals surface area contributed by atoms with Crippen molar-refractivity contribution in [1.29, 1.82) is 0 Å². The third-order valence-electron chi connectivity index (χ3n) is 3.61. The van der Waals surface area contributed by atoms with Crippen LogP contribution in [0.4, 0.5) is 0 Å². The minimum Gasteiger partial charge on any atom is -0.508 e. The van der Waals surface area contributed by atoms with Crippen molar-refractivity contribution < 1.29 is 14.6 Å². The van der Waals surface area contributed by atoms with Crippen LogP contribution in [0.5, 0.6) is 11.5 Å². The molecular formula is C19H22N2O3. The zero-order valence-electron chi connectivity index (χ0n) is 14.2.